The maximum atomic E-state index is 12.9. The number of benzene rings is 2. The number of nitrogens with zero attached hydrogens (tertiary/aromatic N) is 2. The van der Waals surface area contributed by atoms with Crippen molar-refractivity contribution in [3.8, 4) is 5.75 Å². The molecule has 9 heteroatoms. The van der Waals surface area contributed by atoms with Crippen molar-refractivity contribution in [3.63, 3.8) is 0 Å². The van der Waals surface area contributed by atoms with Crippen molar-refractivity contribution in [1.82, 2.24) is 4.90 Å². The number of hydrogen-bond acceptors (Lipinski definition) is 6. The lowest BCUT2D eigenvalue weighted by Gasteiger charge is -2.12. The number of amides is 1. The summed E-state index contributed by atoms with van der Waals surface area (Å²) in [6.07, 6.45) is 3.22. The van der Waals surface area contributed by atoms with Crippen LogP contribution in [0.2, 0.25) is 0 Å². The first-order chi connectivity index (χ1) is 15.4. The summed E-state index contributed by atoms with van der Waals surface area (Å²) in [6.45, 7) is 4.02. The predicted octanol–water partition coefficient (Wildman–Crippen LogP) is 4.03. The Morgan fingerprint density at radius 1 is 1.16 bits per heavy atom. The first kappa shape index (κ1) is 22.8. The van der Waals surface area contributed by atoms with Crippen molar-refractivity contribution in [2.45, 2.75) is 6.42 Å². The third-order valence-corrected chi connectivity index (χ3v) is 5.29. The van der Waals surface area contributed by atoms with Crippen LogP contribution >= 0.6 is 11.8 Å². The summed E-state index contributed by atoms with van der Waals surface area (Å²) >= 11 is 1.19. The zero-order chi connectivity index (χ0) is 23.1. The Labute approximate surface area is 188 Å². The molecule has 1 heterocycles. The topological polar surface area (TPSA) is 117 Å². The van der Waals surface area contributed by atoms with Gasteiger partial charge in [-0.25, -0.2) is 9.79 Å². The van der Waals surface area contributed by atoms with Gasteiger partial charge in [-0.15, -0.1) is 6.58 Å². The van der Waals surface area contributed by atoms with Gasteiger partial charge in [-0.05, 0) is 53.7 Å². The second-order valence-corrected chi connectivity index (χ2v) is 7.64. The summed E-state index contributed by atoms with van der Waals surface area (Å²) in [6, 6.07) is 13.1. The number of ether oxygens (including phenoxy) is 1. The van der Waals surface area contributed by atoms with Crippen LogP contribution in [0, 0.1) is 0 Å². The van der Waals surface area contributed by atoms with E-state index in [9.17, 15) is 19.5 Å². The van der Waals surface area contributed by atoms with Gasteiger partial charge in [0, 0.05) is 6.54 Å². The maximum Gasteiger partial charge on any atom is 0.335 e. The van der Waals surface area contributed by atoms with Crippen LogP contribution in [-0.2, 0) is 9.59 Å². The molecule has 1 saturated heterocycles. The van der Waals surface area contributed by atoms with E-state index in [4.69, 9.17) is 9.84 Å². The van der Waals surface area contributed by atoms with Crippen LogP contribution in [0.15, 0.2) is 71.1 Å². The predicted molar refractivity (Wildman–Crippen MR) is 122 cm³/mol. The van der Waals surface area contributed by atoms with Crippen LogP contribution < -0.4 is 4.74 Å². The van der Waals surface area contributed by atoms with E-state index < -0.39 is 11.9 Å². The third-order valence-electron chi connectivity index (χ3n) is 4.28. The molecule has 32 heavy (non-hydrogen) atoms. The summed E-state index contributed by atoms with van der Waals surface area (Å²) in [5.74, 6) is -1.68. The largest absolute Gasteiger partial charge is 0.493 e. The average molecular weight is 452 g/mol. The second-order valence-electron chi connectivity index (χ2n) is 6.63. The Kier molecular flexibility index (Phi) is 7.45. The molecule has 8 nitrogen and oxygen atoms in total. The number of carboxylic acid groups (broad SMARTS) is 2. The molecule has 0 aromatic heterocycles. The molecule has 0 aliphatic carbocycles. The lowest BCUT2D eigenvalue weighted by atomic mass is 10.2. The standard InChI is InChI=1S/C23H20N2O6S/c1-2-11-25-21(28)19(13-15-6-8-18(9-7-15)31-12-10-20(26)27)32-23(25)24-17-5-3-4-16(14-17)22(29)30/h2-9,13-14H,1,10-12H2,(H,26,27)(H,29,30)/b19-13-,24-23?. The Bertz CT molecular complexity index is 1110. The van der Waals surface area contributed by atoms with Crippen molar-refractivity contribution in [3.05, 3.63) is 77.2 Å². The number of rotatable bonds is 9. The highest BCUT2D eigenvalue weighted by Crippen LogP contribution is 2.34. The van der Waals surface area contributed by atoms with Crippen molar-refractivity contribution in [2.24, 2.45) is 4.99 Å². The number of carbonyl (C=O) groups excluding carboxylic acids is 1. The van der Waals surface area contributed by atoms with Gasteiger partial charge in [-0.2, -0.15) is 0 Å². The molecular weight excluding hydrogens is 432 g/mol. The van der Waals surface area contributed by atoms with E-state index >= 15 is 0 Å². The molecule has 1 fully saturated rings. The van der Waals surface area contributed by atoms with Gasteiger partial charge in [0.15, 0.2) is 5.17 Å². The van der Waals surface area contributed by atoms with Gasteiger partial charge in [0.2, 0.25) is 0 Å². The molecule has 164 valence electrons. The fourth-order valence-corrected chi connectivity index (χ4v) is 3.78. The molecule has 2 aromatic carbocycles. The van der Waals surface area contributed by atoms with Crippen molar-refractivity contribution < 1.29 is 29.3 Å². The average Bonchev–Trinajstić information content (AvgIpc) is 3.04. The normalized spacial score (nSPS) is 15.9. The number of aliphatic carboxylic acids is 1. The Hall–Kier alpha value is -3.85. The molecule has 1 aliphatic heterocycles. The fraction of sp³-hybridized carbons (Fsp3) is 0.130. The highest BCUT2D eigenvalue weighted by Gasteiger charge is 2.32. The third kappa shape index (κ3) is 5.86. The zero-order valence-electron chi connectivity index (χ0n) is 16.9. The monoisotopic (exact) mass is 452 g/mol. The van der Waals surface area contributed by atoms with Crippen LogP contribution in [0.1, 0.15) is 22.3 Å². The van der Waals surface area contributed by atoms with Crippen molar-refractivity contribution >= 4 is 46.5 Å². The minimum absolute atomic E-state index is 0.0729. The van der Waals surface area contributed by atoms with Gasteiger partial charge < -0.3 is 14.9 Å². The number of aliphatic imine (C=N–C) groups is 1. The molecule has 0 atom stereocenters. The molecule has 1 amide bonds. The number of carbonyl (C=O) groups is 3. The van der Waals surface area contributed by atoms with E-state index in [1.807, 2.05) is 0 Å². The van der Waals surface area contributed by atoms with Gasteiger partial charge in [-0.3, -0.25) is 14.5 Å². The highest BCUT2D eigenvalue weighted by molar-refractivity contribution is 8.18. The minimum Gasteiger partial charge on any atom is -0.493 e. The van der Waals surface area contributed by atoms with Crippen molar-refractivity contribution in [2.75, 3.05) is 13.2 Å². The molecule has 1 aliphatic rings. The molecule has 0 spiro atoms. The summed E-state index contributed by atoms with van der Waals surface area (Å²) < 4.78 is 5.37. The van der Waals surface area contributed by atoms with Crippen LogP contribution in [0.25, 0.3) is 6.08 Å². The van der Waals surface area contributed by atoms with Crippen LogP contribution in [0.4, 0.5) is 5.69 Å². The summed E-state index contributed by atoms with van der Waals surface area (Å²) in [7, 11) is 0. The van der Waals surface area contributed by atoms with Gasteiger partial charge in [0.25, 0.3) is 5.91 Å². The fourth-order valence-electron chi connectivity index (χ4n) is 2.77. The van der Waals surface area contributed by atoms with Crippen molar-refractivity contribution in [1.29, 1.82) is 0 Å². The number of amidine groups is 1. The smallest absolute Gasteiger partial charge is 0.335 e. The molecule has 3 rings (SSSR count). The number of thioether (sulfide) groups is 1. The minimum atomic E-state index is -1.05. The molecule has 0 radical (unpaired) electrons. The number of hydrogen-bond donors (Lipinski definition) is 2. The number of aromatic carboxylic acids is 1. The summed E-state index contributed by atoms with van der Waals surface area (Å²) in [5, 5.41) is 18.3. The molecule has 2 N–H and O–H groups in total. The highest BCUT2D eigenvalue weighted by atomic mass is 32.2. The first-order valence-electron chi connectivity index (χ1n) is 9.56. The van der Waals surface area contributed by atoms with E-state index in [0.717, 1.165) is 5.56 Å². The van der Waals surface area contributed by atoms with Gasteiger partial charge >= 0.3 is 11.9 Å². The van der Waals surface area contributed by atoms with Crippen LogP contribution in [0.3, 0.4) is 0 Å². The van der Waals surface area contributed by atoms with E-state index in [1.165, 1.54) is 28.8 Å². The second kappa shape index (κ2) is 10.5. The lowest BCUT2D eigenvalue weighted by Crippen LogP contribution is -2.29. The van der Waals surface area contributed by atoms with Crippen LogP contribution in [0.5, 0.6) is 5.75 Å². The van der Waals surface area contributed by atoms with E-state index in [0.29, 0.717) is 21.5 Å². The molecule has 0 bridgehead atoms. The van der Waals surface area contributed by atoms with Gasteiger partial charge in [0.05, 0.1) is 29.2 Å². The SMILES string of the molecule is C=CCN1C(=O)/C(=C/c2ccc(OCCC(=O)O)cc2)SC1=Nc1cccc(C(=O)O)c1. The number of carboxylic acids is 2. The van der Waals surface area contributed by atoms with E-state index in [2.05, 4.69) is 11.6 Å². The lowest BCUT2D eigenvalue weighted by molar-refractivity contribution is -0.137. The van der Waals surface area contributed by atoms with Gasteiger partial charge in [-0.1, -0.05) is 24.3 Å². The molecule has 2 aromatic rings. The van der Waals surface area contributed by atoms with E-state index in [-0.39, 0.29) is 31.0 Å². The molecule has 0 unspecified atom stereocenters. The maximum absolute atomic E-state index is 12.9. The Morgan fingerprint density at radius 2 is 1.91 bits per heavy atom. The molecule has 0 saturated carbocycles. The van der Waals surface area contributed by atoms with E-state index in [1.54, 1.807) is 48.6 Å². The summed E-state index contributed by atoms with van der Waals surface area (Å²) in [4.78, 5) is 41.0. The zero-order valence-corrected chi connectivity index (χ0v) is 17.7. The first-order valence-corrected chi connectivity index (χ1v) is 10.4. The molecular formula is C23H20N2O6S. The Morgan fingerprint density at radius 3 is 2.56 bits per heavy atom. The summed E-state index contributed by atoms with van der Waals surface area (Å²) in [5.41, 5.74) is 1.30. The Balaban J connectivity index is 1.81. The van der Waals surface area contributed by atoms with Gasteiger partial charge in [0.1, 0.15) is 5.75 Å². The quantitative estimate of drug-likeness (QED) is 0.436. The van der Waals surface area contributed by atoms with Crippen LogP contribution in [-0.4, -0.2) is 51.3 Å².